The molecule has 1 heterocycles. The third-order valence-corrected chi connectivity index (χ3v) is 4.07. The summed E-state index contributed by atoms with van der Waals surface area (Å²) in [7, 11) is 0. The summed E-state index contributed by atoms with van der Waals surface area (Å²) < 4.78 is 0. The number of fused-ring (bicyclic) bond motifs is 1. The van der Waals surface area contributed by atoms with Crippen molar-refractivity contribution in [1.29, 1.82) is 0 Å². The number of rotatable bonds is 7. The number of amides is 1. The van der Waals surface area contributed by atoms with E-state index in [-0.39, 0.29) is 5.91 Å². The number of benzene rings is 2. The van der Waals surface area contributed by atoms with Crippen LogP contribution in [0.25, 0.3) is 11.0 Å². The molecule has 124 valence electrons. The summed E-state index contributed by atoms with van der Waals surface area (Å²) in [5, 5.41) is 2.95. The normalized spacial score (nSPS) is 10.9. The van der Waals surface area contributed by atoms with Crippen LogP contribution in [0.4, 0.5) is 5.69 Å². The summed E-state index contributed by atoms with van der Waals surface area (Å²) in [4.78, 5) is 19.8. The molecule has 2 N–H and O–H groups in total. The summed E-state index contributed by atoms with van der Waals surface area (Å²) in [5.41, 5.74) is 4.03. The number of H-pyrrole nitrogens is 1. The second-order valence-electron chi connectivity index (χ2n) is 6.05. The first kappa shape index (κ1) is 16.2. The molecule has 0 radical (unpaired) electrons. The molecular weight excluding hydrogens is 298 g/mol. The molecule has 0 atom stereocenters. The Balaban J connectivity index is 1.66. The number of hydrogen-bond acceptors (Lipinski definition) is 2. The topological polar surface area (TPSA) is 57.8 Å². The molecule has 0 fully saturated rings. The summed E-state index contributed by atoms with van der Waals surface area (Å²) in [6.07, 6.45) is 4.34. The Kier molecular flexibility index (Phi) is 5.26. The maximum absolute atomic E-state index is 11.8. The number of nitrogens with zero attached hydrogens (tertiary/aromatic N) is 1. The molecule has 1 aromatic heterocycles. The highest BCUT2D eigenvalue weighted by Crippen LogP contribution is 2.18. The second kappa shape index (κ2) is 7.77. The molecule has 0 bridgehead atoms. The second-order valence-corrected chi connectivity index (χ2v) is 6.05. The predicted molar refractivity (Wildman–Crippen MR) is 98.1 cm³/mol. The van der Waals surface area contributed by atoms with Gasteiger partial charge in [-0.15, -0.1) is 0 Å². The van der Waals surface area contributed by atoms with E-state index in [0.29, 0.717) is 6.42 Å². The van der Waals surface area contributed by atoms with Gasteiger partial charge in [0.15, 0.2) is 0 Å². The Labute approximate surface area is 142 Å². The maximum Gasteiger partial charge on any atom is 0.224 e. The lowest BCUT2D eigenvalue weighted by atomic mass is 10.1. The minimum absolute atomic E-state index is 0.0695. The molecule has 0 aliphatic rings. The minimum Gasteiger partial charge on any atom is -0.342 e. The molecule has 4 nitrogen and oxygen atoms in total. The zero-order valence-electron chi connectivity index (χ0n) is 14.0. The largest absolute Gasteiger partial charge is 0.342 e. The molecule has 3 rings (SSSR count). The smallest absolute Gasteiger partial charge is 0.224 e. The van der Waals surface area contributed by atoms with Crippen LogP contribution in [0.2, 0.25) is 0 Å². The van der Waals surface area contributed by atoms with Crippen molar-refractivity contribution >= 4 is 22.6 Å². The van der Waals surface area contributed by atoms with Crippen LogP contribution in [-0.4, -0.2) is 15.9 Å². The summed E-state index contributed by atoms with van der Waals surface area (Å²) >= 11 is 0. The molecule has 1 amide bonds. The van der Waals surface area contributed by atoms with E-state index in [1.165, 1.54) is 5.56 Å². The standard InChI is InChI=1S/C20H23N3O/c1-2-3-9-20(24)21-16-11-12-17-18(14-16)23-19(22-17)13-10-15-7-5-4-6-8-15/h4-8,11-12,14H,2-3,9-10,13H2,1H3,(H,21,24)(H,22,23). The van der Waals surface area contributed by atoms with Gasteiger partial charge in [-0.1, -0.05) is 43.7 Å². The maximum atomic E-state index is 11.8. The van der Waals surface area contributed by atoms with Crippen molar-refractivity contribution in [3.8, 4) is 0 Å². The fraction of sp³-hybridized carbons (Fsp3) is 0.300. The van der Waals surface area contributed by atoms with Gasteiger partial charge in [-0.2, -0.15) is 0 Å². The molecule has 0 saturated heterocycles. The van der Waals surface area contributed by atoms with E-state index in [0.717, 1.165) is 48.2 Å². The molecule has 0 unspecified atom stereocenters. The number of nitrogens with one attached hydrogen (secondary N) is 2. The molecule has 0 aliphatic carbocycles. The monoisotopic (exact) mass is 321 g/mol. The summed E-state index contributed by atoms with van der Waals surface area (Å²) in [6, 6.07) is 16.2. The fourth-order valence-corrected chi connectivity index (χ4v) is 2.73. The lowest BCUT2D eigenvalue weighted by Gasteiger charge is -2.04. The third kappa shape index (κ3) is 4.22. The van der Waals surface area contributed by atoms with Crippen LogP contribution >= 0.6 is 0 Å². The van der Waals surface area contributed by atoms with Crippen LogP contribution in [-0.2, 0) is 17.6 Å². The van der Waals surface area contributed by atoms with Crippen LogP contribution in [0, 0.1) is 0 Å². The van der Waals surface area contributed by atoms with Crippen molar-refractivity contribution in [1.82, 2.24) is 9.97 Å². The van der Waals surface area contributed by atoms with E-state index in [4.69, 9.17) is 0 Å². The molecule has 0 saturated carbocycles. The Morgan fingerprint density at radius 3 is 2.75 bits per heavy atom. The number of carbonyl (C=O) groups excluding carboxylic acids is 1. The molecular formula is C20H23N3O. The van der Waals surface area contributed by atoms with Gasteiger partial charge in [-0.3, -0.25) is 4.79 Å². The zero-order valence-corrected chi connectivity index (χ0v) is 14.0. The van der Waals surface area contributed by atoms with Crippen molar-refractivity contribution in [3.63, 3.8) is 0 Å². The molecule has 2 aromatic carbocycles. The quantitative estimate of drug-likeness (QED) is 0.674. The van der Waals surface area contributed by atoms with E-state index in [2.05, 4.69) is 46.5 Å². The number of hydrogen-bond donors (Lipinski definition) is 2. The number of imidazole rings is 1. The van der Waals surface area contributed by atoms with E-state index >= 15 is 0 Å². The third-order valence-electron chi connectivity index (χ3n) is 4.07. The van der Waals surface area contributed by atoms with E-state index in [1.54, 1.807) is 0 Å². The van der Waals surface area contributed by atoms with E-state index < -0.39 is 0 Å². The average Bonchev–Trinajstić information content (AvgIpc) is 3.01. The number of anilines is 1. The van der Waals surface area contributed by atoms with Gasteiger partial charge >= 0.3 is 0 Å². The number of aromatic amines is 1. The van der Waals surface area contributed by atoms with Crippen molar-refractivity contribution in [3.05, 3.63) is 59.9 Å². The Hall–Kier alpha value is -2.62. The van der Waals surface area contributed by atoms with Crippen molar-refractivity contribution < 1.29 is 4.79 Å². The highest BCUT2D eigenvalue weighted by molar-refractivity contribution is 5.93. The van der Waals surface area contributed by atoms with Gasteiger partial charge in [0.2, 0.25) is 5.91 Å². The number of aryl methyl sites for hydroxylation is 2. The number of aromatic nitrogens is 2. The Morgan fingerprint density at radius 2 is 1.96 bits per heavy atom. The van der Waals surface area contributed by atoms with Gasteiger partial charge in [0.25, 0.3) is 0 Å². The van der Waals surface area contributed by atoms with Crippen molar-refractivity contribution in [2.45, 2.75) is 39.0 Å². The van der Waals surface area contributed by atoms with Crippen LogP contribution in [0.5, 0.6) is 0 Å². The summed E-state index contributed by atoms with van der Waals surface area (Å²) in [6.45, 7) is 2.08. The van der Waals surface area contributed by atoms with E-state index in [1.807, 2.05) is 24.3 Å². The van der Waals surface area contributed by atoms with Gasteiger partial charge in [0.05, 0.1) is 11.0 Å². The fourth-order valence-electron chi connectivity index (χ4n) is 2.73. The SMILES string of the molecule is CCCCC(=O)Nc1ccc2nc(CCc3ccccc3)[nH]c2c1. The Morgan fingerprint density at radius 1 is 1.12 bits per heavy atom. The van der Waals surface area contributed by atoms with E-state index in [9.17, 15) is 4.79 Å². The van der Waals surface area contributed by atoms with Gasteiger partial charge in [-0.05, 0) is 36.6 Å². The van der Waals surface area contributed by atoms with Crippen LogP contribution < -0.4 is 5.32 Å². The van der Waals surface area contributed by atoms with Crippen molar-refractivity contribution in [2.24, 2.45) is 0 Å². The molecule has 3 aromatic rings. The number of carbonyl (C=O) groups is 1. The van der Waals surface area contributed by atoms with Crippen LogP contribution in [0.3, 0.4) is 0 Å². The average molecular weight is 321 g/mol. The number of unbranched alkanes of at least 4 members (excludes halogenated alkanes) is 1. The first-order valence-corrected chi connectivity index (χ1v) is 8.57. The van der Waals surface area contributed by atoms with Crippen molar-refractivity contribution in [2.75, 3.05) is 5.32 Å². The van der Waals surface area contributed by atoms with Gasteiger partial charge in [0.1, 0.15) is 5.82 Å². The lowest BCUT2D eigenvalue weighted by molar-refractivity contribution is -0.116. The molecule has 0 aliphatic heterocycles. The first-order valence-electron chi connectivity index (χ1n) is 8.57. The zero-order chi connectivity index (χ0) is 16.8. The van der Waals surface area contributed by atoms with Gasteiger partial charge < -0.3 is 10.3 Å². The van der Waals surface area contributed by atoms with Gasteiger partial charge in [-0.25, -0.2) is 4.98 Å². The highest BCUT2D eigenvalue weighted by atomic mass is 16.1. The highest BCUT2D eigenvalue weighted by Gasteiger charge is 2.06. The van der Waals surface area contributed by atoms with Crippen LogP contribution in [0.1, 0.15) is 37.6 Å². The molecule has 4 heteroatoms. The van der Waals surface area contributed by atoms with Gasteiger partial charge in [0, 0.05) is 18.5 Å². The Bertz CT molecular complexity index is 808. The summed E-state index contributed by atoms with van der Waals surface area (Å²) in [5.74, 6) is 1.04. The first-order chi connectivity index (χ1) is 11.7. The molecule has 0 spiro atoms. The van der Waals surface area contributed by atoms with Crippen LogP contribution in [0.15, 0.2) is 48.5 Å². The lowest BCUT2D eigenvalue weighted by Crippen LogP contribution is -2.10. The molecule has 24 heavy (non-hydrogen) atoms. The predicted octanol–water partition coefficient (Wildman–Crippen LogP) is 4.48. The minimum atomic E-state index is 0.0695.